The van der Waals surface area contributed by atoms with E-state index in [4.69, 9.17) is 4.98 Å². The molecule has 24 heavy (non-hydrogen) atoms. The van der Waals surface area contributed by atoms with Crippen LogP contribution in [0.2, 0.25) is 0 Å². The highest BCUT2D eigenvalue weighted by molar-refractivity contribution is 7.18. The first-order chi connectivity index (χ1) is 11.6. The van der Waals surface area contributed by atoms with Gasteiger partial charge in [-0.15, -0.1) is 11.3 Å². The zero-order valence-corrected chi connectivity index (χ0v) is 15.3. The Bertz CT molecular complexity index is 723. The van der Waals surface area contributed by atoms with E-state index in [-0.39, 0.29) is 5.54 Å². The molecule has 2 aliphatic rings. The van der Waals surface area contributed by atoms with Crippen molar-refractivity contribution >= 4 is 27.5 Å². The number of carbonyl (C=O) groups excluding carboxylic acids is 1. The van der Waals surface area contributed by atoms with Gasteiger partial charge >= 0.3 is 0 Å². The van der Waals surface area contributed by atoms with Crippen LogP contribution in [-0.2, 0) is 11.3 Å². The summed E-state index contributed by atoms with van der Waals surface area (Å²) in [5.74, 6) is 0.349. The van der Waals surface area contributed by atoms with Crippen LogP contribution >= 0.6 is 11.3 Å². The highest BCUT2D eigenvalue weighted by Crippen LogP contribution is 2.40. The molecule has 2 aromatic rings. The molecule has 1 atom stereocenters. The van der Waals surface area contributed by atoms with E-state index in [0.717, 1.165) is 55.8 Å². The Kier molecular flexibility index (Phi) is 4.09. The van der Waals surface area contributed by atoms with Gasteiger partial charge in [-0.3, -0.25) is 9.69 Å². The number of carbonyl (C=O) groups is 1. The molecule has 1 spiro atoms. The first-order valence-electron chi connectivity index (χ1n) is 9.01. The summed E-state index contributed by atoms with van der Waals surface area (Å²) in [6.45, 7) is 6.98. The number of hydrogen-bond donors (Lipinski definition) is 0. The summed E-state index contributed by atoms with van der Waals surface area (Å²) < 4.78 is 1.24. The average Bonchev–Trinajstić information content (AvgIpc) is 3.14. The van der Waals surface area contributed by atoms with Gasteiger partial charge in [-0.05, 0) is 58.2 Å². The second-order valence-electron chi connectivity index (χ2n) is 7.33. The predicted molar refractivity (Wildman–Crippen MR) is 98.1 cm³/mol. The number of fused-ring (bicyclic) bond motifs is 1. The molecular formula is C19H25N3OS. The second kappa shape index (κ2) is 6.12. The van der Waals surface area contributed by atoms with Crippen LogP contribution in [0.4, 0.5) is 0 Å². The number of nitrogens with zero attached hydrogens (tertiary/aromatic N) is 3. The molecule has 1 aromatic carbocycles. The topological polar surface area (TPSA) is 36.4 Å². The fourth-order valence-electron chi connectivity index (χ4n) is 4.35. The molecule has 1 amide bonds. The third-order valence-electron chi connectivity index (χ3n) is 5.56. The maximum atomic E-state index is 13.2. The van der Waals surface area contributed by atoms with Crippen molar-refractivity contribution in [1.82, 2.24) is 14.8 Å². The smallest absolute Gasteiger partial charge is 0.243 e. The predicted octanol–water partition coefficient (Wildman–Crippen LogP) is 3.66. The molecule has 2 saturated heterocycles. The summed E-state index contributed by atoms with van der Waals surface area (Å²) in [5.41, 5.74) is 0.796. The van der Waals surface area contributed by atoms with Crippen LogP contribution in [0.5, 0.6) is 0 Å². The van der Waals surface area contributed by atoms with Crippen molar-refractivity contribution in [3.05, 3.63) is 29.3 Å². The van der Waals surface area contributed by atoms with Crippen LogP contribution < -0.4 is 0 Å². The summed E-state index contributed by atoms with van der Waals surface area (Å²) in [6.07, 6.45) is 4.22. The molecule has 0 radical (unpaired) electrons. The first-order valence-corrected chi connectivity index (χ1v) is 9.82. The molecule has 2 fully saturated rings. The summed E-state index contributed by atoms with van der Waals surface area (Å²) in [5, 5.41) is 1.13. The third-order valence-corrected chi connectivity index (χ3v) is 6.58. The van der Waals surface area contributed by atoms with E-state index < -0.39 is 0 Å². The Balaban J connectivity index is 1.61. The standard InChI is InChI=1S/C19H25N3OS/c1-14(2)22-12-6-10-19(18(22)23)9-5-11-21(19)13-17-20-15-7-3-4-8-16(15)24-17/h3-4,7-8,14H,5-6,9-13H2,1-2H3. The number of hydrogen-bond acceptors (Lipinski definition) is 4. The van der Waals surface area contributed by atoms with Gasteiger partial charge in [-0.1, -0.05) is 12.1 Å². The van der Waals surface area contributed by atoms with Crippen molar-refractivity contribution < 1.29 is 4.79 Å². The van der Waals surface area contributed by atoms with Crippen molar-refractivity contribution in [1.29, 1.82) is 0 Å². The van der Waals surface area contributed by atoms with E-state index in [2.05, 4.69) is 41.8 Å². The number of amides is 1. The van der Waals surface area contributed by atoms with Crippen LogP contribution in [-0.4, -0.2) is 45.4 Å². The number of para-hydroxylation sites is 1. The lowest BCUT2D eigenvalue weighted by Crippen LogP contribution is -2.61. The number of aromatic nitrogens is 1. The van der Waals surface area contributed by atoms with Crippen LogP contribution in [0.15, 0.2) is 24.3 Å². The molecule has 128 valence electrons. The van der Waals surface area contributed by atoms with Crippen LogP contribution in [0.1, 0.15) is 44.5 Å². The van der Waals surface area contributed by atoms with Gasteiger partial charge in [-0.25, -0.2) is 4.98 Å². The monoisotopic (exact) mass is 343 g/mol. The summed E-state index contributed by atoms with van der Waals surface area (Å²) in [6, 6.07) is 8.59. The van der Waals surface area contributed by atoms with Gasteiger partial charge in [-0.2, -0.15) is 0 Å². The van der Waals surface area contributed by atoms with E-state index in [1.807, 2.05) is 6.07 Å². The van der Waals surface area contributed by atoms with E-state index in [1.165, 1.54) is 4.70 Å². The largest absolute Gasteiger partial charge is 0.339 e. The Morgan fingerprint density at radius 3 is 2.71 bits per heavy atom. The molecule has 1 unspecified atom stereocenters. The fourth-order valence-corrected chi connectivity index (χ4v) is 5.33. The molecule has 0 bridgehead atoms. The van der Waals surface area contributed by atoms with Crippen molar-refractivity contribution in [2.75, 3.05) is 13.1 Å². The molecule has 0 saturated carbocycles. The Morgan fingerprint density at radius 1 is 1.21 bits per heavy atom. The van der Waals surface area contributed by atoms with Gasteiger partial charge in [0.2, 0.25) is 5.91 Å². The minimum atomic E-state index is -0.277. The number of piperidine rings is 1. The van der Waals surface area contributed by atoms with Gasteiger partial charge in [0.1, 0.15) is 10.5 Å². The zero-order valence-electron chi connectivity index (χ0n) is 14.5. The van der Waals surface area contributed by atoms with Gasteiger partial charge in [0.25, 0.3) is 0 Å². The minimum Gasteiger partial charge on any atom is -0.339 e. The maximum absolute atomic E-state index is 13.2. The Morgan fingerprint density at radius 2 is 1.96 bits per heavy atom. The highest BCUT2D eigenvalue weighted by atomic mass is 32.1. The van der Waals surface area contributed by atoms with Gasteiger partial charge in [0.05, 0.1) is 16.8 Å². The summed E-state index contributed by atoms with van der Waals surface area (Å²) in [7, 11) is 0. The van der Waals surface area contributed by atoms with E-state index in [0.29, 0.717) is 11.9 Å². The molecule has 0 N–H and O–H groups in total. The van der Waals surface area contributed by atoms with Crippen molar-refractivity contribution in [2.24, 2.45) is 0 Å². The Hall–Kier alpha value is -1.46. The number of benzene rings is 1. The molecule has 2 aliphatic heterocycles. The molecule has 3 heterocycles. The lowest BCUT2D eigenvalue weighted by atomic mass is 9.85. The van der Waals surface area contributed by atoms with Gasteiger partial charge in [0.15, 0.2) is 0 Å². The lowest BCUT2D eigenvalue weighted by molar-refractivity contribution is -0.149. The summed E-state index contributed by atoms with van der Waals surface area (Å²) in [4.78, 5) is 22.5. The number of rotatable bonds is 3. The molecule has 4 nitrogen and oxygen atoms in total. The molecule has 5 heteroatoms. The average molecular weight is 343 g/mol. The fraction of sp³-hybridized carbons (Fsp3) is 0.579. The number of likely N-dealkylation sites (tertiary alicyclic amines) is 2. The number of thiazole rings is 1. The van der Waals surface area contributed by atoms with Crippen molar-refractivity contribution in [3.63, 3.8) is 0 Å². The van der Waals surface area contributed by atoms with E-state index in [1.54, 1.807) is 11.3 Å². The molecule has 0 aliphatic carbocycles. The van der Waals surface area contributed by atoms with E-state index >= 15 is 0 Å². The normalized spacial score (nSPS) is 25.5. The van der Waals surface area contributed by atoms with Gasteiger partial charge in [0, 0.05) is 12.6 Å². The van der Waals surface area contributed by atoms with Crippen molar-refractivity contribution in [2.45, 2.75) is 57.7 Å². The van der Waals surface area contributed by atoms with Crippen molar-refractivity contribution in [3.8, 4) is 0 Å². The maximum Gasteiger partial charge on any atom is 0.243 e. The first kappa shape index (κ1) is 16.0. The van der Waals surface area contributed by atoms with Crippen LogP contribution in [0, 0.1) is 0 Å². The Labute approximate surface area is 147 Å². The molecular weight excluding hydrogens is 318 g/mol. The summed E-state index contributed by atoms with van der Waals surface area (Å²) >= 11 is 1.76. The second-order valence-corrected chi connectivity index (χ2v) is 8.44. The molecule has 1 aromatic heterocycles. The van der Waals surface area contributed by atoms with Crippen LogP contribution in [0.25, 0.3) is 10.2 Å². The molecule has 4 rings (SSSR count). The SMILES string of the molecule is CC(C)N1CCCC2(CCCN2Cc2nc3ccccc3s2)C1=O. The van der Waals surface area contributed by atoms with Gasteiger partial charge < -0.3 is 4.90 Å². The third kappa shape index (κ3) is 2.54. The zero-order chi connectivity index (χ0) is 16.7. The highest BCUT2D eigenvalue weighted by Gasteiger charge is 2.51. The quantitative estimate of drug-likeness (QED) is 0.853. The lowest BCUT2D eigenvalue weighted by Gasteiger charge is -2.45. The minimum absolute atomic E-state index is 0.277. The van der Waals surface area contributed by atoms with Crippen LogP contribution in [0.3, 0.4) is 0 Å². The van der Waals surface area contributed by atoms with E-state index in [9.17, 15) is 4.79 Å².